The van der Waals surface area contributed by atoms with Crippen molar-refractivity contribution in [3.8, 4) is 0 Å². The number of hydrogen-bond acceptors (Lipinski definition) is 3. The molecule has 5 nitrogen and oxygen atoms in total. The summed E-state index contributed by atoms with van der Waals surface area (Å²) in [5, 5.41) is 8.64. The maximum absolute atomic E-state index is 12.9. The Morgan fingerprint density at radius 3 is 2.48 bits per heavy atom. The maximum atomic E-state index is 12.9. The van der Waals surface area contributed by atoms with Crippen LogP contribution in [0.1, 0.15) is 77.8 Å². The quantitative estimate of drug-likeness (QED) is 0.783. The summed E-state index contributed by atoms with van der Waals surface area (Å²) in [5.41, 5.74) is 1.07. The van der Waals surface area contributed by atoms with Crippen molar-refractivity contribution in [2.75, 3.05) is 13.1 Å². The summed E-state index contributed by atoms with van der Waals surface area (Å²) in [4.78, 5) is 15.1. The van der Waals surface area contributed by atoms with Crippen LogP contribution < -0.4 is 0 Å². The van der Waals surface area contributed by atoms with Gasteiger partial charge in [-0.15, -0.1) is 5.10 Å². The average molecular weight is 347 g/mol. The van der Waals surface area contributed by atoms with Gasteiger partial charge in [0.05, 0.1) is 5.69 Å². The number of amides is 1. The van der Waals surface area contributed by atoms with Crippen molar-refractivity contribution >= 4 is 5.91 Å². The lowest BCUT2D eigenvalue weighted by Gasteiger charge is -2.34. The van der Waals surface area contributed by atoms with Gasteiger partial charge in [-0.05, 0) is 31.6 Å². The van der Waals surface area contributed by atoms with Crippen LogP contribution in [0.4, 0.5) is 0 Å². The first-order valence-electron chi connectivity index (χ1n) is 10.1. The van der Waals surface area contributed by atoms with E-state index < -0.39 is 0 Å². The summed E-state index contributed by atoms with van der Waals surface area (Å²) in [5.74, 6) is 1.19. The summed E-state index contributed by atoms with van der Waals surface area (Å²) in [6.07, 6.45) is 11.6. The molecule has 1 unspecified atom stereocenters. The molecule has 0 spiro atoms. The third-order valence-electron chi connectivity index (χ3n) is 5.79. The normalized spacial score (nSPS) is 23.5. The Kier molecular flexibility index (Phi) is 5.80. The van der Waals surface area contributed by atoms with Gasteiger partial charge in [-0.1, -0.05) is 51.7 Å². The fraction of sp³-hybridized carbons (Fsp3) is 0.850. The van der Waals surface area contributed by atoms with Crippen LogP contribution in [-0.2, 0) is 16.8 Å². The number of piperidine rings is 1. The smallest absolute Gasteiger partial charge is 0.225 e. The molecule has 2 heterocycles. The topological polar surface area (TPSA) is 51.0 Å². The van der Waals surface area contributed by atoms with Gasteiger partial charge in [0.2, 0.25) is 5.91 Å². The molecule has 2 fully saturated rings. The molecule has 5 heteroatoms. The highest BCUT2D eigenvalue weighted by molar-refractivity contribution is 5.79. The fourth-order valence-electron chi connectivity index (χ4n) is 4.19. The van der Waals surface area contributed by atoms with E-state index in [0.717, 1.165) is 44.6 Å². The highest BCUT2D eigenvalue weighted by atomic mass is 16.2. The predicted octanol–water partition coefficient (Wildman–Crippen LogP) is 3.78. The first-order valence-corrected chi connectivity index (χ1v) is 10.1. The highest BCUT2D eigenvalue weighted by Crippen LogP contribution is 2.27. The van der Waals surface area contributed by atoms with Crippen molar-refractivity contribution in [3.63, 3.8) is 0 Å². The SMILES string of the molecule is CC(C)(C)c1cn(CC2CCCN(C(=O)C3CCCCCC3)C2)nn1. The van der Waals surface area contributed by atoms with Crippen LogP contribution in [0, 0.1) is 11.8 Å². The minimum absolute atomic E-state index is 0.0340. The second-order valence-corrected chi connectivity index (χ2v) is 9.06. The van der Waals surface area contributed by atoms with Crippen LogP contribution in [0.3, 0.4) is 0 Å². The van der Waals surface area contributed by atoms with E-state index in [1.807, 2.05) is 4.68 Å². The second kappa shape index (κ2) is 7.88. The zero-order valence-electron chi connectivity index (χ0n) is 16.2. The molecule has 1 aromatic rings. The number of rotatable bonds is 3. The molecule has 1 amide bonds. The van der Waals surface area contributed by atoms with Crippen LogP contribution in [0.5, 0.6) is 0 Å². The first-order chi connectivity index (χ1) is 11.9. The minimum atomic E-state index is 0.0340. The van der Waals surface area contributed by atoms with E-state index in [0.29, 0.717) is 11.8 Å². The third kappa shape index (κ3) is 4.83. The van der Waals surface area contributed by atoms with Gasteiger partial charge in [0.25, 0.3) is 0 Å². The Balaban J connectivity index is 1.57. The molecule has 1 atom stereocenters. The number of nitrogens with zero attached hydrogens (tertiary/aromatic N) is 4. The van der Waals surface area contributed by atoms with Crippen molar-refractivity contribution in [1.82, 2.24) is 19.9 Å². The zero-order chi connectivity index (χ0) is 17.9. The monoisotopic (exact) mass is 346 g/mol. The van der Waals surface area contributed by atoms with Gasteiger partial charge in [-0.2, -0.15) is 0 Å². The van der Waals surface area contributed by atoms with E-state index in [-0.39, 0.29) is 11.3 Å². The van der Waals surface area contributed by atoms with E-state index in [2.05, 4.69) is 42.2 Å². The molecule has 0 bridgehead atoms. The molecule has 1 aliphatic carbocycles. The molecule has 0 aromatic carbocycles. The molecule has 0 radical (unpaired) electrons. The highest BCUT2D eigenvalue weighted by Gasteiger charge is 2.29. The Morgan fingerprint density at radius 1 is 1.12 bits per heavy atom. The van der Waals surface area contributed by atoms with Crippen molar-refractivity contribution in [2.45, 2.75) is 84.1 Å². The molecule has 1 aliphatic heterocycles. The Labute approximate surface area is 152 Å². The van der Waals surface area contributed by atoms with Crippen molar-refractivity contribution in [3.05, 3.63) is 11.9 Å². The molecule has 2 aliphatic rings. The Hall–Kier alpha value is -1.39. The van der Waals surface area contributed by atoms with Gasteiger partial charge < -0.3 is 4.90 Å². The van der Waals surface area contributed by atoms with Crippen LogP contribution in [0.25, 0.3) is 0 Å². The van der Waals surface area contributed by atoms with Gasteiger partial charge in [0, 0.05) is 37.2 Å². The molecular formula is C20H34N4O. The molecule has 1 saturated carbocycles. The molecule has 140 valence electrons. The van der Waals surface area contributed by atoms with E-state index >= 15 is 0 Å². The summed E-state index contributed by atoms with van der Waals surface area (Å²) >= 11 is 0. The van der Waals surface area contributed by atoms with Crippen LogP contribution in [-0.4, -0.2) is 38.9 Å². The van der Waals surface area contributed by atoms with Crippen molar-refractivity contribution in [2.24, 2.45) is 11.8 Å². The number of likely N-dealkylation sites (tertiary alicyclic amines) is 1. The number of carbonyl (C=O) groups excluding carboxylic acids is 1. The molecule has 0 N–H and O–H groups in total. The van der Waals surface area contributed by atoms with Gasteiger partial charge in [-0.3, -0.25) is 9.48 Å². The van der Waals surface area contributed by atoms with E-state index in [9.17, 15) is 4.79 Å². The standard InChI is InChI=1S/C20H34N4O/c1-20(2,3)18-15-24(22-21-18)14-16-9-8-12-23(13-16)19(25)17-10-6-4-5-7-11-17/h15-17H,4-14H2,1-3H3. The Morgan fingerprint density at radius 2 is 1.84 bits per heavy atom. The second-order valence-electron chi connectivity index (χ2n) is 9.06. The molecule has 1 saturated heterocycles. The fourth-order valence-corrected chi connectivity index (χ4v) is 4.19. The van der Waals surface area contributed by atoms with Crippen LogP contribution in [0.15, 0.2) is 6.20 Å². The minimum Gasteiger partial charge on any atom is -0.342 e. The van der Waals surface area contributed by atoms with E-state index in [4.69, 9.17) is 0 Å². The first kappa shape index (κ1) is 18.4. The van der Waals surface area contributed by atoms with Gasteiger partial charge in [-0.25, -0.2) is 0 Å². The van der Waals surface area contributed by atoms with E-state index in [1.54, 1.807) is 0 Å². The Bertz CT molecular complexity index is 566. The van der Waals surface area contributed by atoms with Crippen LogP contribution in [0.2, 0.25) is 0 Å². The van der Waals surface area contributed by atoms with Crippen LogP contribution >= 0.6 is 0 Å². The lowest BCUT2D eigenvalue weighted by molar-refractivity contribution is -0.138. The predicted molar refractivity (Wildman–Crippen MR) is 99.2 cm³/mol. The molecular weight excluding hydrogens is 312 g/mol. The maximum Gasteiger partial charge on any atom is 0.225 e. The molecule has 1 aromatic heterocycles. The lowest BCUT2D eigenvalue weighted by atomic mass is 9.93. The largest absolute Gasteiger partial charge is 0.342 e. The number of aromatic nitrogens is 3. The van der Waals surface area contributed by atoms with Gasteiger partial charge in [0.1, 0.15) is 0 Å². The number of carbonyl (C=O) groups is 1. The molecule has 3 rings (SSSR count). The summed E-state index contributed by atoms with van der Waals surface area (Å²) in [6.45, 7) is 9.19. The lowest BCUT2D eigenvalue weighted by Crippen LogP contribution is -2.44. The van der Waals surface area contributed by atoms with E-state index in [1.165, 1.54) is 32.1 Å². The molecule has 25 heavy (non-hydrogen) atoms. The third-order valence-corrected chi connectivity index (χ3v) is 5.79. The van der Waals surface area contributed by atoms with Gasteiger partial charge in [0.15, 0.2) is 0 Å². The number of hydrogen-bond donors (Lipinski definition) is 0. The van der Waals surface area contributed by atoms with Crippen molar-refractivity contribution < 1.29 is 4.79 Å². The van der Waals surface area contributed by atoms with Gasteiger partial charge >= 0.3 is 0 Å². The summed E-state index contributed by atoms with van der Waals surface area (Å²) in [7, 11) is 0. The zero-order valence-corrected chi connectivity index (χ0v) is 16.2. The summed E-state index contributed by atoms with van der Waals surface area (Å²) < 4.78 is 1.98. The van der Waals surface area contributed by atoms with Crippen molar-refractivity contribution in [1.29, 1.82) is 0 Å². The summed E-state index contributed by atoms with van der Waals surface area (Å²) in [6, 6.07) is 0. The average Bonchev–Trinajstić information content (AvgIpc) is 2.89.